The van der Waals surface area contributed by atoms with Crippen molar-refractivity contribution < 1.29 is 4.79 Å². The molecule has 4 heteroatoms. The molecule has 0 spiro atoms. The molecule has 1 amide bonds. The molecule has 1 heterocycles. The Bertz CT molecular complexity index is 302. The van der Waals surface area contributed by atoms with E-state index in [0.717, 1.165) is 25.9 Å². The van der Waals surface area contributed by atoms with Crippen molar-refractivity contribution in [3.63, 3.8) is 0 Å². The minimum atomic E-state index is -0.201. The van der Waals surface area contributed by atoms with Crippen LogP contribution in [0.5, 0.6) is 0 Å². The topological polar surface area (TPSA) is 38.1 Å². The molecule has 0 bridgehead atoms. The van der Waals surface area contributed by atoms with E-state index < -0.39 is 0 Å². The van der Waals surface area contributed by atoms with Crippen molar-refractivity contribution in [1.29, 1.82) is 0 Å². The average Bonchev–Trinajstić information content (AvgIpc) is 2.80. The average molecular weight is 223 g/mol. The van der Waals surface area contributed by atoms with Crippen LogP contribution in [0.25, 0.3) is 0 Å². The van der Waals surface area contributed by atoms with E-state index in [1.807, 2.05) is 24.1 Å². The van der Waals surface area contributed by atoms with E-state index in [0.29, 0.717) is 0 Å². The molecular formula is C12H21N3O. The molecule has 0 aromatic carbocycles. The van der Waals surface area contributed by atoms with Crippen LogP contribution in [0, 0.1) is 0 Å². The molecule has 0 unspecified atom stereocenters. The lowest BCUT2D eigenvalue weighted by Crippen LogP contribution is -2.37. The monoisotopic (exact) mass is 223 g/mol. The van der Waals surface area contributed by atoms with Crippen LogP contribution in [-0.4, -0.2) is 33.7 Å². The third-order valence-electron chi connectivity index (χ3n) is 2.58. The van der Waals surface area contributed by atoms with E-state index in [1.165, 1.54) is 0 Å². The second kappa shape index (κ2) is 6.30. The van der Waals surface area contributed by atoms with Gasteiger partial charge in [0.1, 0.15) is 6.04 Å². The first-order chi connectivity index (χ1) is 7.70. The normalized spacial score (nSPS) is 12.4. The van der Waals surface area contributed by atoms with E-state index in [-0.39, 0.29) is 11.9 Å². The van der Waals surface area contributed by atoms with E-state index in [9.17, 15) is 4.79 Å². The van der Waals surface area contributed by atoms with Gasteiger partial charge in [-0.3, -0.25) is 9.48 Å². The summed E-state index contributed by atoms with van der Waals surface area (Å²) >= 11 is 0. The van der Waals surface area contributed by atoms with Gasteiger partial charge in [-0.25, -0.2) is 0 Å². The van der Waals surface area contributed by atoms with Crippen LogP contribution in [0.15, 0.2) is 18.5 Å². The molecule has 0 saturated heterocycles. The van der Waals surface area contributed by atoms with Crippen molar-refractivity contribution in [3.8, 4) is 0 Å². The SMILES string of the molecule is CCCN(CCC)C(=O)[C@H](C)n1cccn1. The predicted molar refractivity (Wildman–Crippen MR) is 64.1 cm³/mol. The summed E-state index contributed by atoms with van der Waals surface area (Å²) in [6, 6.07) is 1.64. The summed E-state index contributed by atoms with van der Waals surface area (Å²) in [5.41, 5.74) is 0. The summed E-state index contributed by atoms with van der Waals surface area (Å²) in [6.45, 7) is 7.74. The Morgan fingerprint density at radius 1 is 1.38 bits per heavy atom. The Kier molecular flexibility index (Phi) is 5.02. The van der Waals surface area contributed by atoms with Crippen LogP contribution in [-0.2, 0) is 4.79 Å². The molecule has 1 aromatic heterocycles. The third kappa shape index (κ3) is 3.08. The maximum Gasteiger partial charge on any atom is 0.247 e. The lowest BCUT2D eigenvalue weighted by molar-refractivity contribution is -0.134. The molecule has 0 fully saturated rings. The van der Waals surface area contributed by atoms with Gasteiger partial charge in [0.15, 0.2) is 0 Å². The van der Waals surface area contributed by atoms with Crippen molar-refractivity contribution in [2.75, 3.05) is 13.1 Å². The number of carbonyl (C=O) groups is 1. The van der Waals surface area contributed by atoms with Crippen molar-refractivity contribution in [3.05, 3.63) is 18.5 Å². The van der Waals surface area contributed by atoms with Gasteiger partial charge in [0.05, 0.1) is 0 Å². The predicted octanol–water partition coefficient (Wildman–Crippen LogP) is 2.09. The van der Waals surface area contributed by atoms with Gasteiger partial charge < -0.3 is 4.90 Å². The summed E-state index contributed by atoms with van der Waals surface area (Å²) in [6.07, 6.45) is 5.53. The number of hydrogen-bond acceptors (Lipinski definition) is 2. The van der Waals surface area contributed by atoms with Crippen LogP contribution in [0.2, 0.25) is 0 Å². The fourth-order valence-corrected chi connectivity index (χ4v) is 1.76. The molecule has 4 nitrogen and oxygen atoms in total. The summed E-state index contributed by atoms with van der Waals surface area (Å²) in [5, 5.41) is 4.11. The molecule has 0 aliphatic heterocycles. The Morgan fingerprint density at radius 3 is 2.44 bits per heavy atom. The maximum absolute atomic E-state index is 12.2. The number of nitrogens with zero attached hydrogens (tertiary/aromatic N) is 3. The number of rotatable bonds is 6. The number of aromatic nitrogens is 2. The van der Waals surface area contributed by atoms with Crippen molar-refractivity contribution >= 4 is 5.91 Å². The van der Waals surface area contributed by atoms with Gasteiger partial charge in [0.25, 0.3) is 0 Å². The standard InChI is InChI=1S/C12H21N3O/c1-4-8-14(9-5-2)12(16)11(3)15-10-6-7-13-15/h6-7,10-11H,4-5,8-9H2,1-3H3/t11-/m0/s1. The Balaban J connectivity index is 2.66. The zero-order chi connectivity index (χ0) is 12.0. The first kappa shape index (κ1) is 12.7. The van der Waals surface area contributed by atoms with Gasteiger partial charge in [-0.15, -0.1) is 0 Å². The zero-order valence-corrected chi connectivity index (χ0v) is 10.4. The lowest BCUT2D eigenvalue weighted by Gasteiger charge is -2.25. The molecule has 0 aliphatic carbocycles. The first-order valence-corrected chi connectivity index (χ1v) is 5.98. The highest BCUT2D eigenvalue weighted by atomic mass is 16.2. The van der Waals surface area contributed by atoms with E-state index in [4.69, 9.17) is 0 Å². The highest BCUT2D eigenvalue weighted by Crippen LogP contribution is 2.09. The molecule has 0 N–H and O–H groups in total. The molecular weight excluding hydrogens is 202 g/mol. The number of amides is 1. The number of carbonyl (C=O) groups excluding carboxylic acids is 1. The first-order valence-electron chi connectivity index (χ1n) is 5.98. The maximum atomic E-state index is 12.2. The van der Waals surface area contributed by atoms with Crippen LogP contribution in [0.1, 0.15) is 39.7 Å². The van der Waals surface area contributed by atoms with E-state index >= 15 is 0 Å². The molecule has 0 saturated carbocycles. The van der Waals surface area contributed by atoms with Crippen LogP contribution >= 0.6 is 0 Å². The molecule has 1 atom stereocenters. The van der Waals surface area contributed by atoms with Gasteiger partial charge in [-0.1, -0.05) is 13.8 Å². The van der Waals surface area contributed by atoms with Crippen molar-refractivity contribution in [2.24, 2.45) is 0 Å². The van der Waals surface area contributed by atoms with Gasteiger partial charge >= 0.3 is 0 Å². The second-order valence-electron chi connectivity index (χ2n) is 3.99. The van der Waals surface area contributed by atoms with Gasteiger partial charge in [-0.05, 0) is 25.8 Å². The quantitative estimate of drug-likeness (QED) is 0.740. The van der Waals surface area contributed by atoms with Crippen molar-refractivity contribution in [1.82, 2.24) is 14.7 Å². The fourth-order valence-electron chi connectivity index (χ4n) is 1.76. The minimum Gasteiger partial charge on any atom is -0.341 e. The van der Waals surface area contributed by atoms with Gasteiger partial charge in [0, 0.05) is 25.5 Å². The largest absolute Gasteiger partial charge is 0.341 e. The zero-order valence-electron chi connectivity index (χ0n) is 10.4. The molecule has 16 heavy (non-hydrogen) atoms. The van der Waals surface area contributed by atoms with Crippen molar-refractivity contribution in [2.45, 2.75) is 39.7 Å². The molecule has 90 valence electrons. The summed E-state index contributed by atoms with van der Waals surface area (Å²) in [7, 11) is 0. The third-order valence-corrected chi connectivity index (χ3v) is 2.58. The summed E-state index contributed by atoms with van der Waals surface area (Å²) < 4.78 is 1.71. The fraction of sp³-hybridized carbons (Fsp3) is 0.667. The highest BCUT2D eigenvalue weighted by Gasteiger charge is 2.20. The Hall–Kier alpha value is -1.32. The van der Waals surface area contributed by atoms with Crippen LogP contribution in [0.4, 0.5) is 0 Å². The van der Waals surface area contributed by atoms with E-state index in [1.54, 1.807) is 10.9 Å². The number of hydrogen-bond donors (Lipinski definition) is 0. The molecule has 0 radical (unpaired) electrons. The smallest absolute Gasteiger partial charge is 0.247 e. The molecule has 0 aliphatic rings. The Labute approximate surface area is 97.2 Å². The lowest BCUT2D eigenvalue weighted by atomic mass is 10.2. The van der Waals surface area contributed by atoms with Crippen LogP contribution in [0.3, 0.4) is 0 Å². The highest BCUT2D eigenvalue weighted by molar-refractivity contribution is 5.79. The molecule has 1 rings (SSSR count). The van der Waals surface area contributed by atoms with Gasteiger partial charge in [-0.2, -0.15) is 5.10 Å². The van der Waals surface area contributed by atoms with E-state index in [2.05, 4.69) is 18.9 Å². The second-order valence-corrected chi connectivity index (χ2v) is 3.99. The minimum absolute atomic E-state index is 0.160. The van der Waals surface area contributed by atoms with Gasteiger partial charge in [0.2, 0.25) is 5.91 Å². The Morgan fingerprint density at radius 2 is 2.00 bits per heavy atom. The summed E-state index contributed by atoms with van der Waals surface area (Å²) in [5.74, 6) is 0.160. The summed E-state index contributed by atoms with van der Waals surface area (Å²) in [4.78, 5) is 14.1. The van der Waals surface area contributed by atoms with Crippen LogP contribution < -0.4 is 0 Å². The molecule has 1 aromatic rings.